The molecule has 1 aliphatic heterocycles. The summed E-state index contributed by atoms with van der Waals surface area (Å²) in [5.41, 5.74) is 0. The Morgan fingerprint density at radius 3 is 2.53 bits per heavy atom. The molecular weight excluding hydrogens is 188 g/mol. The third kappa shape index (κ3) is 3.76. The summed E-state index contributed by atoms with van der Waals surface area (Å²) in [6, 6.07) is 0. The van der Waals surface area contributed by atoms with Gasteiger partial charge in [0.1, 0.15) is 0 Å². The van der Waals surface area contributed by atoms with E-state index in [0.717, 1.165) is 25.6 Å². The molecule has 2 unspecified atom stereocenters. The van der Waals surface area contributed by atoms with Gasteiger partial charge in [0.05, 0.1) is 25.4 Å². The van der Waals surface area contributed by atoms with Crippen molar-refractivity contribution < 1.29 is 9.47 Å². The van der Waals surface area contributed by atoms with Gasteiger partial charge in [0.15, 0.2) is 0 Å². The predicted molar refractivity (Wildman–Crippen MR) is 61.0 cm³/mol. The molecule has 1 saturated carbocycles. The lowest BCUT2D eigenvalue weighted by Crippen LogP contribution is -2.21. The second kappa shape index (κ2) is 5.86. The summed E-state index contributed by atoms with van der Waals surface area (Å²) in [5.74, 6) is 0.925. The van der Waals surface area contributed by atoms with Crippen LogP contribution in [0.5, 0.6) is 0 Å². The third-order valence-corrected chi connectivity index (χ3v) is 3.76. The molecule has 0 bridgehead atoms. The van der Waals surface area contributed by atoms with E-state index < -0.39 is 0 Å². The monoisotopic (exact) mass is 212 g/mol. The molecule has 2 atom stereocenters. The maximum atomic E-state index is 5.85. The topological polar surface area (TPSA) is 18.5 Å². The van der Waals surface area contributed by atoms with E-state index in [9.17, 15) is 0 Å². The van der Waals surface area contributed by atoms with Crippen molar-refractivity contribution in [2.75, 3.05) is 13.2 Å². The molecule has 1 aliphatic carbocycles. The predicted octanol–water partition coefficient (Wildman–Crippen LogP) is 3.15. The Morgan fingerprint density at radius 1 is 1.00 bits per heavy atom. The molecule has 0 amide bonds. The molecule has 2 fully saturated rings. The van der Waals surface area contributed by atoms with Gasteiger partial charge in [0, 0.05) is 0 Å². The molecule has 2 nitrogen and oxygen atoms in total. The van der Waals surface area contributed by atoms with E-state index in [0.29, 0.717) is 12.2 Å². The first kappa shape index (κ1) is 11.4. The van der Waals surface area contributed by atoms with Gasteiger partial charge in [-0.3, -0.25) is 0 Å². The molecule has 0 aromatic carbocycles. The standard InChI is InChI=1S/C13H24O2/c1-11-9-13(15-8-7-14-11)10-12-5-3-2-4-6-12/h11-13H,2-10H2,1H3. The minimum atomic E-state index is 0.390. The summed E-state index contributed by atoms with van der Waals surface area (Å²) >= 11 is 0. The van der Waals surface area contributed by atoms with Gasteiger partial charge < -0.3 is 9.47 Å². The van der Waals surface area contributed by atoms with E-state index >= 15 is 0 Å². The lowest BCUT2D eigenvalue weighted by Gasteiger charge is -2.26. The first-order valence-electron chi connectivity index (χ1n) is 6.58. The van der Waals surface area contributed by atoms with Crippen molar-refractivity contribution in [3.8, 4) is 0 Å². The van der Waals surface area contributed by atoms with Crippen molar-refractivity contribution in [2.24, 2.45) is 5.92 Å². The van der Waals surface area contributed by atoms with Crippen molar-refractivity contribution in [1.29, 1.82) is 0 Å². The summed E-state index contributed by atoms with van der Waals surface area (Å²) < 4.78 is 11.4. The lowest BCUT2D eigenvalue weighted by molar-refractivity contribution is 0.0351. The normalized spacial score (nSPS) is 35.0. The van der Waals surface area contributed by atoms with Crippen LogP contribution in [-0.2, 0) is 9.47 Å². The van der Waals surface area contributed by atoms with Crippen molar-refractivity contribution in [3.05, 3.63) is 0 Å². The van der Waals surface area contributed by atoms with Crippen LogP contribution in [0.4, 0.5) is 0 Å². The first-order valence-corrected chi connectivity index (χ1v) is 6.58. The highest BCUT2D eigenvalue weighted by Crippen LogP contribution is 2.29. The smallest absolute Gasteiger partial charge is 0.0704 e. The van der Waals surface area contributed by atoms with Crippen LogP contribution in [0, 0.1) is 5.92 Å². The molecular formula is C13H24O2. The Balaban J connectivity index is 1.76. The number of hydrogen-bond acceptors (Lipinski definition) is 2. The van der Waals surface area contributed by atoms with Crippen molar-refractivity contribution in [1.82, 2.24) is 0 Å². The van der Waals surface area contributed by atoms with Crippen LogP contribution >= 0.6 is 0 Å². The molecule has 1 saturated heterocycles. The van der Waals surface area contributed by atoms with E-state index in [4.69, 9.17) is 9.47 Å². The number of hydrogen-bond donors (Lipinski definition) is 0. The van der Waals surface area contributed by atoms with Crippen molar-refractivity contribution >= 4 is 0 Å². The molecule has 88 valence electrons. The van der Waals surface area contributed by atoms with Crippen LogP contribution in [0.3, 0.4) is 0 Å². The molecule has 2 aliphatic rings. The molecule has 0 N–H and O–H groups in total. The molecule has 2 rings (SSSR count). The van der Waals surface area contributed by atoms with Crippen molar-refractivity contribution in [2.45, 2.75) is 64.1 Å². The average Bonchev–Trinajstić information content (AvgIpc) is 2.44. The Labute approximate surface area is 93.3 Å². The highest BCUT2D eigenvalue weighted by atomic mass is 16.5. The van der Waals surface area contributed by atoms with Gasteiger partial charge in [-0.2, -0.15) is 0 Å². The zero-order valence-electron chi connectivity index (χ0n) is 9.91. The summed E-state index contributed by atoms with van der Waals surface area (Å²) in [5, 5.41) is 0. The highest BCUT2D eigenvalue weighted by Gasteiger charge is 2.23. The Bertz CT molecular complexity index is 175. The third-order valence-electron chi connectivity index (χ3n) is 3.76. The fourth-order valence-electron chi connectivity index (χ4n) is 2.93. The van der Waals surface area contributed by atoms with Gasteiger partial charge in [-0.1, -0.05) is 32.1 Å². The molecule has 15 heavy (non-hydrogen) atoms. The SMILES string of the molecule is CC1CC(CC2CCCCC2)OCCO1. The van der Waals surface area contributed by atoms with Gasteiger partial charge in [-0.15, -0.1) is 0 Å². The van der Waals surface area contributed by atoms with Crippen LogP contribution < -0.4 is 0 Å². The molecule has 0 radical (unpaired) electrons. The summed E-state index contributed by atoms with van der Waals surface area (Å²) in [7, 11) is 0. The van der Waals surface area contributed by atoms with E-state index in [2.05, 4.69) is 6.92 Å². The second-order valence-electron chi connectivity index (χ2n) is 5.15. The Morgan fingerprint density at radius 2 is 1.73 bits per heavy atom. The van der Waals surface area contributed by atoms with Gasteiger partial charge in [-0.25, -0.2) is 0 Å². The zero-order chi connectivity index (χ0) is 10.5. The number of rotatable bonds is 2. The number of ether oxygens (including phenoxy) is 2. The lowest BCUT2D eigenvalue weighted by atomic mass is 9.84. The van der Waals surface area contributed by atoms with E-state index in [1.54, 1.807) is 0 Å². The van der Waals surface area contributed by atoms with Gasteiger partial charge >= 0.3 is 0 Å². The fraction of sp³-hybridized carbons (Fsp3) is 1.00. The quantitative estimate of drug-likeness (QED) is 0.700. The van der Waals surface area contributed by atoms with Crippen LogP contribution in [0.25, 0.3) is 0 Å². The van der Waals surface area contributed by atoms with Gasteiger partial charge in [0.25, 0.3) is 0 Å². The van der Waals surface area contributed by atoms with E-state index in [1.807, 2.05) is 0 Å². The van der Waals surface area contributed by atoms with Crippen LogP contribution in [0.15, 0.2) is 0 Å². The minimum Gasteiger partial charge on any atom is -0.376 e. The van der Waals surface area contributed by atoms with Gasteiger partial charge in [0.2, 0.25) is 0 Å². The maximum Gasteiger partial charge on any atom is 0.0704 e. The maximum absolute atomic E-state index is 5.85. The largest absolute Gasteiger partial charge is 0.376 e. The van der Waals surface area contributed by atoms with E-state index in [1.165, 1.54) is 38.5 Å². The Kier molecular flexibility index (Phi) is 4.45. The summed E-state index contributed by atoms with van der Waals surface area (Å²) in [4.78, 5) is 0. The molecule has 0 aromatic rings. The molecule has 0 spiro atoms. The fourth-order valence-corrected chi connectivity index (χ4v) is 2.93. The van der Waals surface area contributed by atoms with Crippen LogP contribution in [-0.4, -0.2) is 25.4 Å². The summed E-state index contributed by atoms with van der Waals surface area (Å²) in [6.45, 7) is 3.74. The molecule has 1 heterocycles. The molecule has 0 aromatic heterocycles. The summed E-state index contributed by atoms with van der Waals surface area (Å²) in [6.07, 6.45) is 10.4. The minimum absolute atomic E-state index is 0.390. The zero-order valence-corrected chi connectivity index (χ0v) is 9.91. The van der Waals surface area contributed by atoms with Gasteiger partial charge in [-0.05, 0) is 25.7 Å². The highest BCUT2D eigenvalue weighted by molar-refractivity contribution is 4.73. The first-order chi connectivity index (χ1) is 7.34. The average molecular weight is 212 g/mol. The molecule has 2 heteroatoms. The Hall–Kier alpha value is -0.0800. The van der Waals surface area contributed by atoms with Crippen molar-refractivity contribution in [3.63, 3.8) is 0 Å². The second-order valence-corrected chi connectivity index (χ2v) is 5.15. The van der Waals surface area contributed by atoms with E-state index in [-0.39, 0.29) is 0 Å². The van der Waals surface area contributed by atoms with Crippen LogP contribution in [0.2, 0.25) is 0 Å². The van der Waals surface area contributed by atoms with Crippen LogP contribution in [0.1, 0.15) is 51.9 Å².